The quantitative estimate of drug-likeness (QED) is 0.643. The number of rotatable bonds is 5. The molecule has 1 aliphatic heterocycles. The summed E-state index contributed by atoms with van der Waals surface area (Å²) in [6.45, 7) is 1.19. The average Bonchev–Trinajstić information content (AvgIpc) is 3.18. The Morgan fingerprint density at radius 3 is 3.00 bits per heavy atom. The first-order valence-electron chi connectivity index (χ1n) is 9.57. The Labute approximate surface area is 173 Å². The van der Waals surface area contributed by atoms with Crippen LogP contribution in [-0.4, -0.2) is 38.4 Å². The molecule has 0 radical (unpaired) electrons. The molecule has 0 aliphatic carbocycles. The molecule has 7 nitrogen and oxygen atoms in total. The smallest absolute Gasteiger partial charge is 0.347 e. The molecule has 29 heavy (non-hydrogen) atoms. The second-order valence-electron chi connectivity index (χ2n) is 7.18. The van der Waals surface area contributed by atoms with Crippen molar-refractivity contribution in [1.29, 1.82) is 0 Å². The number of nitrogens with zero attached hydrogens (tertiary/aromatic N) is 4. The van der Waals surface area contributed by atoms with Crippen LogP contribution in [-0.2, 0) is 17.8 Å². The molecule has 150 valence electrons. The largest absolute Gasteiger partial charge is 0.445 e. The molecular formula is C21H21ClN4O3. The molecule has 1 aliphatic rings. The van der Waals surface area contributed by atoms with Crippen LogP contribution >= 0.6 is 11.6 Å². The van der Waals surface area contributed by atoms with Gasteiger partial charge < -0.3 is 9.32 Å². The maximum Gasteiger partial charge on any atom is 0.347 e. The van der Waals surface area contributed by atoms with Crippen LogP contribution in [0, 0.1) is 0 Å². The lowest BCUT2D eigenvalue weighted by molar-refractivity contribution is -0.133. The average molecular weight is 413 g/mol. The van der Waals surface area contributed by atoms with E-state index in [1.54, 1.807) is 23.4 Å². The number of amides is 1. The maximum atomic E-state index is 12.6. The number of hydrogen-bond donors (Lipinski definition) is 0. The summed E-state index contributed by atoms with van der Waals surface area (Å²) < 4.78 is 7.29. The van der Waals surface area contributed by atoms with Gasteiger partial charge in [0.05, 0.1) is 12.1 Å². The van der Waals surface area contributed by atoms with Gasteiger partial charge in [0.1, 0.15) is 12.3 Å². The van der Waals surface area contributed by atoms with Crippen LogP contribution in [0.25, 0.3) is 0 Å². The summed E-state index contributed by atoms with van der Waals surface area (Å²) in [5.41, 5.74) is 0.635. The third-order valence-corrected chi connectivity index (χ3v) is 5.29. The number of carbonyl (C=O) groups is 1. The van der Waals surface area contributed by atoms with Crippen molar-refractivity contribution in [3.05, 3.63) is 81.6 Å². The summed E-state index contributed by atoms with van der Waals surface area (Å²) in [5.74, 6) is 1.37. The number of piperidine rings is 1. The Morgan fingerprint density at radius 2 is 2.17 bits per heavy atom. The molecule has 0 bridgehead atoms. The molecule has 4 rings (SSSR count). The summed E-state index contributed by atoms with van der Waals surface area (Å²) in [4.78, 5) is 34.3. The first-order chi connectivity index (χ1) is 14.1. The molecule has 8 heteroatoms. The Hall–Kier alpha value is -2.93. The number of oxazole rings is 1. The van der Waals surface area contributed by atoms with E-state index < -0.39 is 5.69 Å². The zero-order chi connectivity index (χ0) is 20.2. The Kier molecular flexibility index (Phi) is 5.76. The van der Waals surface area contributed by atoms with Crippen molar-refractivity contribution in [3.8, 4) is 0 Å². The van der Waals surface area contributed by atoms with Crippen LogP contribution in [0.4, 0.5) is 0 Å². The molecule has 3 heterocycles. The third kappa shape index (κ3) is 4.74. The van der Waals surface area contributed by atoms with Crippen molar-refractivity contribution in [3.63, 3.8) is 0 Å². The van der Waals surface area contributed by atoms with Gasteiger partial charge in [-0.1, -0.05) is 23.7 Å². The van der Waals surface area contributed by atoms with Gasteiger partial charge in [-0.05, 0) is 36.6 Å². The van der Waals surface area contributed by atoms with Crippen LogP contribution in [0.5, 0.6) is 0 Å². The molecule has 0 N–H and O–H groups in total. The summed E-state index contributed by atoms with van der Waals surface area (Å²) in [7, 11) is 0. The molecule has 2 aromatic heterocycles. The highest BCUT2D eigenvalue weighted by molar-refractivity contribution is 6.30. The van der Waals surface area contributed by atoms with Crippen LogP contribution < -0.4 is 5.69 Å². The number of aromatic nitrogens is 3. The number of benzene rings is 1. The lowest BCUT2D eigenvalue weighted by Crippen LogP contribution is -2.42. The standard InChI is InChI=1S/C21H21ClN4O3/c22-17-6-1-4-15(10-17)11-18-12-24-20(29-18)16-5-2-8-25(13-16)19(27)14-26-9-3-7-23-21(26)28/h1,3-4,6-7,9-10,12,16H,2,5,8,11,13-14H2/t16-/m0/s1. The first kappa shape index (κ1) is 19.4. The van der Waals surface area contributed by atoms with E-state index in [4.69, 9.17) is 16.0 Å². The van der Waals surface area contributed by atoms with E-state index >= 15 is 0 Å². The second kappa shape index (κ2) is 8.61. The molecule has 1 atom stereocenters. The molecule has 3 aromatic rings. The van der Waals surface area contributed by atoms with Crippen molar-refractivity contribution >= 4 is 17.5 Å². The fourth-order valence-corrected chi connectivity index (χ4v) is 3.81. The van der Waals surface area contributed by atoms with Crippen molar-refractivity contribution < 1.29 is 9.21 Å². The predicted molar refractivity (Wildman–Crippen MR) is 108 cm³/mol. The highest BCUT2D eigenvalue weighted by Gasteiger charge is 2.28. The number of likely N-dealkylation sites (tertiary alicyclic amines) is 1. The first-order valence-corrected chi connectivity index (χ1v) is 9.94. The highest BCUT2D eigenvalue weighted by Crippen LogP contribution is 2.27. The molecule has 0 saturated carbocycles. The van der Waals surface area contributed by atoms with E-state index in [0.29, 0.717) is 30.4 Å². The number of hydrogen-bond acceptors (Lipinski definition) is 5. The highest BCUT2D eigenvalue weighted by atomic mass is 35.5. The van der Waals surface area contributed by atoms with Gasteiger partial charge in [-0.3, -0.25) is 9.36 Å². The summed E-state index contributed by atoms with van der Waals surface area (Å²) in [6, 6.07) is 9.29. The van der Waals surface area contributed by atoms with E-state index in [1.807, 2.05) is 24.3 Å². The van der Waals surface area contributed by atoms with Gasteiger partial charge in [0.25, 0.3) is 0 Å². The van der Waals surface area contributed by atoms with Crippen molar-refractivity contribution in [1.82, 2.24) is 19.4 Å². The fourth-order valence-electron chi connectivity index (χ4n) is 3.60. The van der Waals surface area contributed by atoms with E-state index in [9.17, 15) is 9.59 Å². The monoisotopic (exact) mass is 412 g/mol. The zero-order valence-corrected chi connectivity index (χ0v) is 16.6. The van der Waals surface area contributed by atoms with Crippen LogP contribution in [0.3, 0.4) is 0 Å². The summed E-state index contributed by atoms with van der Waals surface area (Å²) in [5, 5.41) is 0.691. The van der Waals surface area contributed by atoms with Gasteiger partial charge in [-0.15, -0.1) is 0 Å². The molecule has 1 saturated heterocycles. The molecule has 1 fully saturated rings. The van der Waals surface area contributed by atoms with E-state index in [0.717, 1.165) is 24.2 Å². The second-order valence-corrected chi connectivity index (χ2v) is 7.62. The number of carbonyl (C=O) groups excluding carboxylic acids is 1. The zero-order valence-electron chi connectivity index (χ0n) is 15.8. The maximum absolute atomic E-state index is 12.6. The van der Waals surface area contributed by atoms with Crippen LogP contribution in [0.1, 0.15) is 36.0 Å². The van der Waals surface area contributed by atoms with Gasteiger partial charge in [0, 0.05) is 36.9 Å². The molecule has 1 aromatic carbocycles. The fraction of sp³-hybridized carbons (Fsp3) is 0.333. The van der Waals surface area contributed by atoms with Gasteiger partial charge >= 0.3 is 5.69 Å². The summed E-state index contributed by atoms with van der Waals surface area (Å²) in [6.07, 6.45) is 7.13. The summed E-state index contributed by atoms with van der Waals surface area (Å²) >= 11 is 6.04. The van der Waals surface area contributed by atoms with Crippen molar-refractivity contribution in [2.24, 2.45) is 0 Å². The minimum atomic E-state index is -0.423. The minimum Gasteiger partial charge on any atom is -0.445 e. The van der Waals surface area contributed by atoms with Crippen LogP contribution in [0.2, 0.25) is 5.02 Å². The van der Waals surface area contributed by atoms with Gasteiger partial charge in [-0.25, -0.2) is 14.8 Å². The van der Waals surface area contributed by atoms with E-state index in [1.165, 1.54) is 10.8 Å². The predicted octanol–water partition coefficient (Wildman–Crippen LogP) is 2.88. The Balaban J connectivity index is 1.41. The normalized spacial score (nSPS) is 16.7. The topological polar surface area (TPSA) is 81.2 Å². The third-order valence-electron chi connectivity index (χ3n) is 5.05. The van der Waals surface area contributed by atoms with Gasteiger partial charge in [0.15, 0.2) is 5.89 Å². The molecule has 0 spiro atoms. The van der Waals surface area contributed by atoms with E-state index in [2.05, 4.69) is 9.97 Å². The molecular weight excluding hydrogens is 392 g/mol. The Bertz CT molecular complexity index is 1060. The minimum absolute atomic E-state index is 0.00894. The number of halogens is 1. The molecule has 0 unspecified atom stereocenters. The van der Waals surface area contributed by atoms with Crippen LogP contribution in [0.15, 0.2) is 58.1 Å². The molecule has 1 amide bonds. The van der Waals surface area contributed by atoms with Gasteiger partial charge in [-0.2, -0.15) is 0 Å². The van der Waals surface area contributed by atoms with Crippen molar-refractivity contribution in [2.75, 3.05) is 13.1 Å². The Morgan fingerprint density at radius 1 is 1.28 bits per heavy atom. The lowest BCUT2D eigenvalue weighted by atomic mass is 9.98. The van der Waals surface area contributed by atoms with Crippen molar-refractivity contribution in [2.45, 2.75) is 31.7 Å². The SMILES string of the molecule is O=C(Cn1cccnc1=O)N1CCC[C@H](c2ncc(Cc3cccc(Cl)c3)o2)C1. The lowest BCUT2D eigenvalue weighted by Gasteiger charge is -2.31. The van der Waals surface area contributed by atoms with E-state index in [-0.39, 0.29) is 18.4 Å². The van der Waals surface area contributed by atoms with Gasteiger partial charge in [0.2, 0.25) is 5.91 Å².